The van der Waals surface area contributed by atoms with Gasteiger partial charge in [0.1, 0.15) is 5.75 Å². The van der Waals surface area contributed by atoms with Crippen molar-refractivity contribution in [3.05, 3.63) is 28.8 Å². The Morgan fingerprint density at radius 3 is 2.63 bits per heavy atom. The lowest BCUT2D eigenvalue weighted by molar-refractivity contribution is 0.306. The van der Waals surface area contributed by atoms with Gasteiger partial charge in [0.2, 0.25) is 0 Å². The van der Waals surface area contributed by atoms with Crippen LogP contribution in [-0.4, -0.2) is 13.2 Å². The van der Waals surface area contributed by atoms with Crippen LogP contribution in [0, 0.1) is 0 Å². The second-order valence-corrected chi connectivity index (χ2v) is 5.32. The Balaban J connectivity index is 2.53. The van der Waals surface area contributed by atoms with E-state index in [4.69, 9.17) is 16.3 Å². The molecule has 3 heteroatoms. The van der Waals surface area contributed by atoms with E-state index in [2.05, 4.69) is 32.2 Å². The number of halogens is 1. The summed E-state index contributed by atoms with van der Waals surface area (Å²) in [5.74, 6) is 0.868. The van der Waals surface area contributed by atoms with Crippen molar-refractivity contribution < 1.29 is 4.74 Å². The van der Waals surface area contributed by atoms with Gasteiger partial charge in [-0.15, -0.1) is 0 Å². The van der Waals surface area contributed by atoms with Gasteiger partial charge in [-0.3, -0.25) is 0 Å². The molecule has 0 aliphatic carbocycles. The highest BCUT2D eigenvalue weighted by atomic mass is 35.5. The lowest BCUT2D eigenvalue weighted by Crippen LogP contribution is -2.19. The van der Waals surface area contributed by atoms with E-state index in [1.165, 1.54) is 12.8 Å². The molecule has 2 nitrogen and oxygen atoms in total. The maximum atomic E-state index is 6.32. The van der Waals surface area contributed by atoms with Crippen molar-refractivity contribution in [3.63, 3.8) is 0 Å². The smallest absolute Gasteiger partial charge is 0.120 e. The number of hydrogen-bond acceptors (Lipinski definition) is 2. The number of hydrogen-bond donors (Lipinski definition) is 1. The molecule has 1 rings (SSSR count). The van der Waals surface area contributed by atoms with Gasteiger partial charge >= 0.3 is 0 Å². The minimum absolute atomic E-state index is 0.279. The molecule has 1 atom stereocenters. The van der Waals surface area contributed by atoms with Gasteiger partial charge in [-0.05, 0) is 44.0 Å². The zero-order chi connectivity index (χ0) is 14.1. The third-order valence-corrected chi connectivity index (χ3v) is 3.48. The summed E-state index contributed by atoms with van der Waals surface area (Å²) in [6.45, 7) is 8.27. The minimum Gasteiger partial charge on any atom is -0.494 e. The molecule has 108 valence electrons. The van der Waals surface area contributed by atoms with Crippen LogP contribution in [0.2, 0.25) is 5.02 Å². The average molecular weight is 284 g/mol. The molecule has 1 unspecified atom stereocenters. The topological polar surface area (TPSA) is 21.3 Å². The van der Waals surface area contributed by atoms with Crippen molar-refractivity contribution in [2.45, 2.75) is 52.5 Å². The third-order valence-electron chi connectivity index (χ3n) is 3.16. The molecule has 1 aromatic rings. The number of unbranched alkanes of at least 4 members (excludes halogenated alkanes) is 2. The first kappa shape index (κ1) is 16.3. The molecule has 19 heavy (non-hydrogen) atoms. The summed E-state index contributed by atoms with van der Waals surface area (Å²) in [5.41, 5.74) is 1.14. The maximum Gasteiger partial charge on any atom is 0.120 e. The number of ether oxygens (including phenoxy) is 1. The Bertz CT molecular complexity index is 368. The molecule has 0 saturated carbocycles. The van der Waals surface area contributed by atoms with Crippen LogP contribution < -0.4 is 10.1 Å². The van der Waals surface area contributed by atoms with E-state index in [1.807, 2.05) is 12.1 Å². The molecule has 0 aromatic heterocycles. The van der Waals surface area contributed by atoms with E-state index in [0.717, 1.165) is 42.3 Å². The molecule has 0 amide bonds. The molecular weight excluding hydrogens is 258 g/mol. The molecule has 1 N–H and O–H groups in total. The van der Waals surface area contributed by atoms with Crippen molar-refractivity contribution in [2.75, 3.05) is 13.2 Å². The molecule has 1 aromatic carbocycles. The van der Waals surface area contributed by atoms with E-state index >= 15 is 0 Å². The summed E-state index contributed by atoms with van der Waals surface area (Å²) in [5, 5.41) is 4.23. The van der Waals surface area contributed by atoms with Gasteiger partial charge in [0.25, 0.3) is 0 Å². The Morgan fingerprint density at radius 1 is 1.21 bits per heavy atom. The van der Waals surface area contributed by atoms with E-state index in [-0.39, 0.29) is 6.04 Å². The van der Waals surface area contributed by atoms with E-state index < -0.39 is 0 Å². The monoisotopic (exact) mass is 283 g/mol. The number of benzene rings is 1. The highest BCUT2D eigenvalue weighted by Crippen LogP contribution is 2.27. The molecular formula is C16H26ClNO. The zero-order valence-electron chi connectivity index (χ0n) is 12.3. The second-order valence-electron chi connectivity index (χ2n) is 4.91. The highest BCUT2D eigenvalue weighted by Gasteiger charge is 2.09. The molecule has 0 radical (unpaired) electrons. The Hall–Kier alpha value is -0.730. The van der Waals surface area contributed by atoms with Crippen LogP contribution in [0.15, 0.2) is 18.2 Å². The highest BCUT2D eigenvalue weighted by molar-refractivity contribution is 6.31. The van der Waals surface area contributed by atoms with Gasteiger partial charge in [0.15, 0.2) is 0 Å². The normalized spacial score (nSPS) is 12.4. The van der Waals surface area contributed by atoms with Crippen molar-refractivity contribution in [1.82, 2.24) is 5.32 Å². The van der Waals surface area contributed by atoms with Gasteiger partial charge < -0.3 is 10.1 Å². The summed E-state index contributed by atoms with van der Waals surface area (Å²) < 4.78 is 5.70. The molecule has 0 heterocycles. The Labute approximate surface area is 122 Å². The van der Waals surface area contributed by atoms with Crippen LogP contribution in [0.5, 0.6) is 5.75 Å². The van der Waals surface area contributed by atoms with E-state index in [0.29, 0.717) is 0 Å². The molecule has 0 bridgehead atoms. The van der Waals surface area contributed by atoms with Gasteiger partial charge in [-0.1, -0.05) is 44.4 Å². The van der Waals surface area contributed by atoms with Crippen LogP contribution in [0.25, 0.3) is 0 Å². The summed E-state index contributed by atoms with van der Waals surface area (Å²) in [7, 11) is 0. The first-order valence-corrected chi connectivity index (χ1v) is 7.72. The first-order chi connectivity index (χ1) is 9.19. The van der Waals surface area contributed by atoms with Gasteiger partial charge in [0, 0.05) is 11.1 Å². The fraction of sp³-hybridized carbons (Fsp3) is 0.625. The lowest BCUT2D eigenvalue weighted by atomic mass is 10.1. The summed E-state index contributed by atoms with van der Waals surface area (Å²) >= 11 is 6.32. The van der Waals surface area contributed by atoms with Crippen molar-refractivity contribution in [2.24, 2.45) is 0 Å². The number of rotatable bonds is 9. The summed E-state index contributed by atoms with van der Waals surface area (Å²) in [6, 6.07) is 6.27. The molecule has 0 spiro atoms. The van der Waals surface area contributed by atoms with E-state index in [9.17, 15) is 0 Å². The van der Waals surface area contributed by atoms with Crippen LogP contribution in [0.4, 0.5) is 0 Å². The van der Waals surface area contributed by atoms with Gasteiger partial charge in [0.05, 0.1) is 6.61 Å². The predicted molar refractivity (Wildman–Crippen MR) is 83.2 cm³/mol. The second kappa shape index (κ2) is 9.22. The Morgan fingerprint density at radius 2 is 2.00 bits per heavy atom. The third kappa shape index (κ3) is 5.84. The fourth-order valence-electron chi connectivity index (χ4n) is 1.96. The molecule has 0 aliphatic rings. The summed E-state index contributed by atoms with van der Waals surface area (Å²) in [6.07, 6.45) is 4.65. The van der Waals surface area contributed by atoms with Crippen molar-refractivity contribution in [1.29, 1.82) is 0 Å². The standard InChI is InChI=1S/C16H26ClNO/c1-4-6-7-11-19-14-8-9-15(16(17)12-14)13(3)18-10-5-2/h8-9,12-13,18H,4-7,10-11H2,1-3H3. The predicted octanol–water partition coefficient (Wildman–Crippen LogP) is 4.97. The van der Waals surface area contributed by atoms with Crippen LogP contribution in [0.1, 0.15) is 58.1 Å². The molecule has 0 aliphatic heterocycles. The van der Waals surface area contributed by atoms with Crippen LogP contribution in [0.3, 0.4) is 0 Å². The SMILES string of the molecule is CCCCCOc1ccc(C(C)NCCC)c(Cl)c1. The quantitative estimate of drug-likeness (QED) is 0.646. The lowest BCUT2D eigenvalue weighted by Gasteiger charge is -2.16. The fourth-order valence-corrected chi connectivity index (χ4v) is 2.30. The minimum atomic E-state index is 0.279. The number of nitrogens with one attached hydrogen (secondary N) is 1. The van der Waals surface area contributed by atoms with Crippen molar-refractivity contribution in [3.8, 4) is 5.75 Å². The molecule has 0 fully saturated rings. The first-order valence-electron chi connectivity index (χ1n) is 7.34. The van der Waals surface area contributed by atoms with Crippen LogP contribution in [-0.2, 0) is 0 Å². The zero-order valence-corrected chi connectivity index (χ0v) is 13.1. The maximum absolute atomic E-state index is 6.32. The average Bonchev–Trinajstić information content (AvgIpc) is 2.41. The van der Waals surface area contributed by atoms with Crippen LogP contribution >= 0.6 is 11.6 Å². The van der Waals surface area contributed by atoms with Gasteiger partial charge in [-0.2, -0.15) is 0 Å². The largest absolute Gasteiger partial charge is 0.494 e. The van der Waals surface area contributed by atoms with Gasteiger partial charge in [-0.25, -0.2) is 0 Å². The van der Waals surface area contributed by atoms with Crippen molar-refractivity contribution >= 4 is 11.6 Å². The summed E-state index contributed by atoms with van der Waals surface area (Å²) in [4.78, 5) is 0. The molecule has 0 saturated heterocycles. The van der Waals surface area contributed by atoms with E-state index in [1.54, 1.807) is 0 Å². The Kier molecular flexibility index (Phi) is 7.92.